The lowest BCUT2D eigenvalue weighted by molar-refractivity contribution is 0.681. The van der Waals surface area contributed by atoms with Crippen LogP contribution in [0.25, 0.3) is 0 Å². The van der Waals surface area contributed by atoms with E-state index in [0.717, 1.165) is 34.1 Å². The standard InChI is InChI=1S/C10H11Cl2N/c1-6-2-3-7-8(11)4-5-9(12)10(7)13-6/h4-6,13H,2-3H2,1H3/t6-/m0/s1. The molecule has 0 amide bonds. The number of hydrogen-bond acceptors (Lipinski definition) is 1. The van der Waals surface area contributed by atoms with Crippen molar-refractivity contribution in [2.75, 3.05) is 5.32 Å². The van der Waals surface area contributed by atoms with E-state index in [9.17, 15) is 0 Å². The fourth-order valence-electron chi connectivity index (χ4n) is 1.67. The second kappa shape index (κ2) is 3.39. The van der Waals surface area contributed by atoms with Crippen LogP contribution in [0.4, 0.5) is 5.69 Å². The van der Waals surface area contributed by atoms with Gasteiger partial charge in [0.2, 0.25) is 0 Å². The molecule has 1 heterocycles. The summed E-state index contributed by atoms with van der Waals surface area (Å²) in [6.45, 7) is 2.15. The normalized spacial score (nSPS) is 20.7. The molecule has 1 aliphatic heterocycles. The minimum atomic E-state index is 0.489. The summed E-state index contributed by atoms with van der Waals surface area (Å²) in [6, 6.07) is 4.19. The summed E-state index contributed by atoms with van der Waals surface area (Å²) >= 11 is 12.1. The molecule has 3 heteroatoms. The number of benzene rings is 1. The van der Waals surface area contributed by atoms with Gasteiger partial charge in [0.15, 0.2) is 0 Å². The van der Waals surface area contributed by atoms with Crippen LogP contribution in [0.3, 0.4) is 0 Å². The van der Waals surface area contributed by atoms with Crippen molar-refractivity contribution in [3.63, 3.8) is 0 Å². The van der Waals surface area contributed by atoms with E-state index in [0.29, 0.717) is 6.04 Å². The third-order valence-electron chi connectivity index (χ3n) is 2.42. The Morgan fingerprint density at radius 3 is 2.77 bits per heavy atom. The number of hydrogen-bond donors (Lipinski definition) is 1. The maximum atomic E-state index is 6.06. The summed E-state index contributed by atoms with van der Waals surface area (Å²) in [5, 5.41) is 4.94. The van der Waals surface area contributed by atoms with Crippen LogP contribution in [0.15, 0.2) is 12.1 Å². The Balaban J connectivity index is 2.51. The van der Waals surface area contributed by atoms with Crippen molar-refractivity contribution in [1.82, 2.24) is 0 Å². The van der Waals surface area contributed by atoms with E-state index < -0.39 is 0 Å². The summed E-state index contributed by atoms with van der Waals surface area (Å²) in [6.07, 6.45) is 2.13. The molecule has 0 aliphatic carbocycles. The van der Waals surface area contributed by atoms with E-state index in [1.54, 1.807) is 0 Å². The van der Waals surface area contributed by atoms with Gasteiger partial charge < -0.3 is 5.32 Å². The maximum absolute atomic E-state index is 6.06. The van der Waals surface area contributed by atoms with Crippen LogP contribution in [0, 0.1) is 0 Å². The molecule has 0 unspecified atom stereocenters. The van der Waals surface area contributed by atoms with E-state index >= 15 is 0 Å². The molecule has 1 N–H and O–H groups in total. The number of fused-ring (bicyclic) bond motifs is 1. The zero-order valence-corrected chi connectivity index (χ0v) is 8.91. The molecule has 13 heavy (non-hydrogen) atoms. The summed E-state index contributed by atoms with van der Waals surface area (Å²) < 4.78 is 0. The van der Waals surface area contributed by atoms with Gasteiger partial charge in [-0.25, -0.2) is 0 Å². The fraction of sp³-hybridized carbons (Fsp3) is 0.400. The number of rotatable bonds is 0. The molecular weight excluding hydrogens is 205 g/mol. The van der Waals surface area contributed by atoms with Crippen molar-refractivity contribution in [2.24, 2.45) is 0 Å². The minimum absolute atomic E-state index is 0.489. The Bertz CT molecular complexity index is 336. The van der Waals surface area contributed by atoms with Gasteiger partial charge in [0.05, 0.1) is 10.7 Å². The SMILES string of the molecule is C[C@H]1CCc2c(Cl)ccc(Cl)c2N1. The first-order valence-corrected chi connectivity index (χ1v) is 5.17. The molecule has 0 fully saturated rings. The molecule has 0 spiro atoms. The van der Waals surface area contributed by atoms with Crippen molar-refractivity contribution in [1.29, 1.82) is 0 Å². The quantitative estimate of drug-likeness (QED) is 0.696. The van der Waals surface area contributed by atoms with Crippen LogP contribution in [-0.2, 0) is 6.42 Å². The Kier molecular flexibility index (Phi) is 2.39. The lowest BCUT2D eigenvalue weighted by Gasteiger charge is -2.25. The van der Waals surface area contributed by atoms with E-state index in [4.69, 9.17) is 23.2 Å². The van der Waals surface area contributed by atoms with Crippen molar-refractivity contribution >= 4 is 28.9 Å². The number of anilines is 1. The Morgan fingerprint density at radius 1 is 1.31 bits per heavy atom. The smallest absolute Gasteiger partial charge is 0.0641 e. The van der Waals surface area contributed by atoms with Gasteiger partial charge in [0.1, 0.15) is 0 Å². The molecule has 1 atom stereocenters. The molecular formula is C10H11Cl2N. The summed E-state index contributed by atoms with van der Waals surface area (Å²) in [5.74, 6) is 0. The fourth-order valence-corrected chi connectivity index (χ4v) is 2.16. The molecule has 1 nitrogen and oxygen atoms in total. The monoisotopic (exact) mass is 215 g/mol. The van der Waals surface area contributed by atoms with Crippen molar-refractivity contribution in [3.05, 3.63) is 27.7 Å². The second-order valence-corrected chi connectivity index (χ2v) is 4.28. The molecule has 0 bridgehead atoms. The average Bonchev–Trinajstić information content (AvgIpc) is 2.12. The zero-order valence-electron chi connectivity index (χ0n) is 7.40. The number of halogens is 2. The Labute approximate surface area is 88.0 Å². The van der Waals surface area contributed by atoms with Crippen LogP contribution in [0.1, 0.15) is 18.9 Å². The van der Waals surface area contributed by atoms with Gasteiger partial charge in [-0.05, 0) is 37.5 Å². The highest BCUT2D eigenvalue weighted by atomic mass is 35.5. The Hall–Kier alpha value is -0.400. The molecule has 70 valence electrons. The van der Waals surface area contributed by atoms with Gasteiger partial charge in [-0.15, -0.1) is 0 Å². The largest absolute Gasteiger partial charge is 0.381 e. The minimum Gasteiger partial charge on any atom is -0.381 e. The van der Waals surface area contributed by atoms with Crippen LogP contribution in [0.5, 0.6) is 0 Å². The van der Waals surface area contributed by atoms with E-state index in [-0.39, 0.29) is 0 Å². The molecule has 1 aromatic rings. The lowest BCUT2D eigenvalue weighted by atomic mass is 9.99. The van der Waals surface area contributed by atoms with Crippen LogP contribution in [0.2, 0.25) is 10.0 Å². The summed E-state index contributed by atoms with van der Waals surface area (Å²) in [5.41, 5.74) is 2.18. The van der Waals surface area contributed by atoms with Crippen LogP contribution >= 0.6 is 23.2 Å². The summed E-state index contributed by atoms with van der Waals surface area (Å²) in [7, 11) is 0. The maximum Gasteiger partial charge on any atom is 0.0641 e. The van der Waals surface area contributed by atoms with Crippen molar-refractivity contribution in [3.8, 4) is 0 Å². The van der Waals surface area contributed by atoms with Gasteiger partial charge in [-0.2, -0.15) is 0 Å². The molecule has 2 rings (SSSR count). The predicted octanol–water partition coefficient (Wildman–Crippen LogP) is 3.74. The predicted molar refractivity (Wildman–Crippen MR) is 57.9 cm³/mol. The van der Waals surface area contributed by atoms with E-state index in [1.807, 2.05) is 12.1 Å². The molecule has 0 aromatic heterocycles. The molecule has 0 radical (unpaired) electrons. The van der Waals surface area contributed by atoms with Crippen LogP contribution < -0.4 is 5.32 Å². The topological polar surface area (TPSA) is 12.0 Å². The first kappa shape index (κ1) is 9.17. The van der Waals surface area contributed by atoms with Gasteiger partial charge >= 0.3 is 0 Å². The van der Waals surface area contributed by atoms with Crippen LogP contribution in [-0.4, -0.2) is 6.04 Å². The molecule has 1 aliphatic rings. The van der Waals surface area contributed by atoms with Gasteiger partial charge in [-0.1, -0.05) is 23.2 Å². The summed E-state index contributed by atoms with van der Waals surface area (Å²) in [4.78, 5) is 0. The Morgan fingerprint density at radius 2 is 2.00 bits per heavy atom. The highest BCUT2D eigenvalue weighted by Crippen LogP contribution is 2.36. The zero-order chi connectivity index (χ0) is 9.42. The van der Waals surface area contributed by atoms with Gasteiger partial charge in [0.25, 0.3) is 0 Å². The van der Waals surface area contributed by atoms with E-state index in [1.165, 1.54) is 0 Å². The van der Waals surface area contributed by atoms with Gasteiger partial charge in [0, 0.05) is 11.1 Å². The number of nitrogens with one attached hydrogen (secondary N) is 1. The van der Waals surface area contributed by atoms with Crippen molar-refractivity contribution in [2.45, 2.75) is 25.8 Å². The second-order valence-electron chi connectivity index (χ2n) is 3.47. The highest BCUT2D eigenvalue weighted by molar-refractivity contribution is 6.36. The van der Waals surface area contributed by atoms with Crippen molar-refractivity contribution < 1.29 is 0 Å². The van der Waals surface area contributed by atoms with Gasteiger partial charge in [-0.3, -0.25) is 0 Å². The lowest BCUT2D eigenvalue weighted by Crippen LogP contribution is -2.22. The first-order valence-electron chi connectivity index (χ1n) is 4.42. The first-order chi connectivity index (χ1) is 6.18. The highest BCUT2D eigenvalue weighted by Gasteiger charge is 2.18. The molecule has 1 aromatic carbocycles. The third kappa shape index (κ3) is 1.63. The third-order valence-corrected chi connectivity index (χ3v) is 3.09. The van der Waals surface area contributed by atoms with E-state index in [2.05, 4.69) is 12.2 Å². The average molecular weight is 216 g/mol. The molecule has 0 saturated heterocycles. The molecule has 0 saturated carbocycles.